The number of carbonyl (C=O) groups is 1. The Kier molecular flexibility index (Phi) is 6.43. The van der Waals surface area contributed by atoms with Crippen LogP contribution in [0.2, 0.25) is 0 Å². The van der Waals surface area contributed by atoms with Gasteiger partial charge in [-0.3, -0.25) is 0 Å². The van der Waals surface area contributed by atoms with Crippen LogP contribution in [0.3, 0.4) is 0 Å². The molecule has 0 saturated carbocycles. The highest BCUT2D eigenvalue weighted by atomic mass is 19.1. The number of hydrogen-bond acceptors (Lipinski definition) is 7. The summed E-state index contributed by atoms with van der Waals surface area (Å²) in [6.07, 6.45) is 0.809. The molecule has 2 atom stereocenters. The lowest BCUT2D eigenvalue weighted by atomic mass is 10.0. The Morgan fingerprint density at radius 3 is 2.76 bits per heavy atom. The highest BCUT2D eigenvalue weighted by molar-refractivity contribution is 5.98. The minimum atomic E-state index is -1.28. The van der Waals surface area contributed by atoms with Crippen LogP contribution in [0, 0.1) is 12.7 Å². The predicted octanol–water partition coefficient (Wildman–Crippen LogP) is 5.02. The molecule has 4 aromatic rings. The first-order valence-corrected chi connectivity index (χ1v) is 11.6. The average Bonchev–Trinajstić information content (AvgIpc) is 2.88. The molecule has 2 aromatic carbocycles. The standard InChI is InChI=1S/C26H24F2N6O3/c1-14-4-5-17-18(6-7-20(28)22(17)29)23(14)37-24-19(3-2-9-30-24)21-8-10-31-25(33-21)32-16-11-15(27)12-34(13-16)26(35)36/h2-10,15-16H,11-13,29H2,1H3,(H,35,36)(H,31,32,33). The van der Waals surface area contributed by atoms with Crippen molar-refractivity contribution in [2.75, 3.05) is 24.1 Å². The normalized spacial score (nSPS) is 17.5. The number of hydrogen-bond donors (Lipinski definition) is 3. The smallest absolute Gasteiger partial charge is 0.407 e. The molecule has 1 aliphatic heterocycles. The Balaban J connectivity index is 1.46. The van der Waals surface area contributed by atoms with Gasteiger partial charge in [0.25, 0.3) is 0 Å². The van der Waals surface area contributed by atoms with Crippen LogP contribution in [0.1, 0.15) is 12.0 Å². The number of fused-ring (bicyclic) bond motifs is 1. The van der Waals surface area contributed by atoms with Crippen molar-refractivity contribution in [1.82, 2.24) is 19.9 Å². The Labute approximate surface area is 210 Å². The number of nitrogens with one attached hydrogen (secondary N) is 1. The van der Waals surface area contributed by atoms with Crippen molar-refractivity contribution in [3.63, 3.8) is 0 Å². The number of halogens is 2. The highest BCUT2D eigenvalue weighted by Gasteiger charge is 2.30. The summed E-state index contributed by atoms with van der Waals surface area (Å²) in [4.78, 5) is 25.5. The summed E-state index contributed by atoms with van der Waals surface area (Å²) >= 11 is 0. The second-order valence-corrected chi connectivity index (χ2v) is 8.85. The molecule has 190 valence electrons. The Hall–Kier alpha value is -4.54. The van der Waals surface area contributed by atoms with Crippen LogP contribution in [-0.2, 0) is 0 Å². The maximum Gasteiger partial charge on any atom is 0.407 e. The van der Waals surface area contributed by atoms with Crippen molar-refractivity contribution < 1.29 is 23.4 Å². The van der Waals surface area contributed by atoms with E-state index in [0.29, 0.717) is 27.8 Å². The number of piperidine rings is 1. The van der Waals surface area contributed by atoms with Crippen LogP contribution >= 0.6 is 0 Å². The van der Waals surface area contributed by atoms with Gasteiger partial charge in [0.05, 0.1) is 23.5 Å². The van der Waals surface area contributed by atoms with E-state index in [1.54, 1.807) is 48.8 Å². The zero-order chi connectivity index (χ0) is 26.1. The number of nitrogens with zero attached hydrogens (tertiary/aromatic N) is 4. The molecule has 11 heteroatoms. The first-order chi connectivity index (χ1) is 17.8. The van der Waals surface area contributed by atoms with Crippen molar-refractivity contribution >= 4 is 28.5 Å². The topological polar surface area (TPSA) is 126 Å². The summed E-state index contributed by atoms with van der Waals surface area (Å²) in [6.45, 7) is 1.83. The number of nitrogen functional groups attached to an aromatic ring is 1. The molecule has 3 heterocycles. The van der Waals surface area contributed by atoms with Crippen molar-refractivity contribution in [3.8, 4) is 22.9 Å². The fourth-order valence-corrected chi connectivity index (χ4v) is 4.44. The zero-order valence-corrected chi connectivity index (χ0v) is 19.9. The molecule has 1 saturated heterocycles. The van der Waals surface area contributed by atoms with Gasteiger partial charge in [-0.05, 0) is 42.8 Å². The van der Waals surface area contributed by atoms with E-state index in [-0.39, 0.29) is 37.0 Å². The van der Waals surface area contributed by atoms with Crippen molar-refractivity contribution in [1.29, 1.82) is 0 Å². The Morgan fingerprint density at radius 1 is 1.14 bits per heavy atom. The predicted molar refractivity (Wildman–Crippen MR) is 135 cm³/mol. The molecule has 2 aromatic heterocycles. The molecule has 2 unspecified atom stereocenters. The molecule has 9 nitrogen and oxygen atoms in total. The van der Waals surface area contributed by atoms with Crippen LogP contribution < -0.4 is 15.8 Å². The summed E-state index contributed by atoms with van der Waals surface area (Å²) in [6, 6.07) is 11.2. The lowest BCUT2D eigenvalue weighted by Gasteiger charge is -2.33. The van der Waals surface area contributed by atoms with Gasteiger partial charge in [-0.25, -0.2) is 28.5 Å². The van der Waals surface area contributed by atoms with E-state index in [4.69, 9.17) is 10.5 Å². The van der Waals surface area contributed by atoms with Crippen LogP contribution in [0.5, 0.6) is 11.6 Å². The third kappa shape index (κ3) is 4.92. The zero-order valence-electron chi connectivity index (χ0n) is 19.9. The fraction of sp³-hybridized carbons (Fsp3) is 0.231. The van der Waals surface area contributed by atoms with Gasteiger partial charge in [0.1, 0.15) is 17.7 Å². The van der Waals surface area contributed by atoms with E-state index >= 15 is 0 Å². The van der Waals surface area contributed by atoms with Gasteiger partial charge in [-0.2, -0.15) is 0 Å². The summed E-state index contributed by atoms with van der Waals surface area (Å²) < 4.78 is 34.4. The molecule has 0 aliphatic carbocycles. The number of aryl methyl sites for hydroxylation is 1. The number of benzene rings is 2. The summed E-state index contributed by atoms with van der Waals surface area (Å²) in [5.41, 5.74) is 7.85. The summed E-state index contributed by atoms with van der Waals surface area (Å²) in [7, 11) is 0. The van der Waals surface area contributed by atoms with Gasteiger partial charge in [-0.15, -0.1) is 0 Å². The Bertz CT molecular complexity index is 1480. The highest BCUT2D eigenvalue weighted by Crippen LogP contribution is 2.38. The number of amides is 1. The molecule has 37 heavy (non-hydrogen) atoms. The van der Waals surface area contributed by atoms with Gasteiger partial charge < -0.3 is 25.8 Å². The minimum Gasteiger partial charge on any atom is -0.465 e. The SMILES string of the molecule is Cc1ccc2c(N)c(F)ccc2c1Oc1ncccc1-c1ccnc(NC2CC(F)CN(C(=O)O)C2)n1. The first-order valence-electron chi connectivity index (χ1n) is 11.6. The van der Waals surface area contributed by atoms with E-state index < -0.39 is 24.1 Å². The summed E-state index contributed by atoms with van der Waals surface area (Å²) in [5.74, 6) is 0.470. The number of pyridine rings is 1. The van der Waals surface area contributed by atoms with Gasteiger partial charge in [0.2, 0.25) is 11.8 Å². The van der Waals surface area contributed by atoms with E-state index in [1.807, 2.05) is 6.92 Å². The molecule has 0 bridgehead atoms. The average molecular weight is 507 g/mol. The van der Waals surface area contributed by atoms with Gasteiger partial charge in [0.15, 0.2) is 0 Å². The van der Waals surface area contributed by atoms with Crippen LogP contribution in [0.25, 0.3) is 22.0 Å². The first kappa shape index (κ1) is 24.2. The van der Waals surface area contributed by atoms with Crippen LogP contribution in [-0.4, -0.2) is 56.4 Å². The minimum absolute atomic E-state index is 0.0369. The van der Waals surface area contributed by atoms with E-state index in [1.165, 1.54) is 6.07 Å². The van der Waals surface area contributed by atoms with Crippen molar-refractivity contribution in [3.05, 3.63) is 66.2 Å². The van der Waals surface area contributed by atoms with Gasteiger partial charge in [-0.1, -0.05) is 12.1 Å². The molecule has 0 radical (unpaired) electrons. The van der Waals surface area contributed by atoms with Crippen LogP contribution in [0.4, 0.5) is 25.2 Å². The third-order valence-electron chi connectivity index (χ3n) is 6.24. The molecule has 4 N–H and O–H groups in total. The number of carboxylic acid groups (broad SMARTS) is 1. The Morgan fingerprint density at radius 2 is 1.95 bits per heavy atom. The quantitative estimate of drug-likeness (QED) is 0.322. The number of likely N-dealkylation sites (tertiary alicyclic amines) is 1. The van der Waals surface area contributed by atoms with Crippen LogP contribution in [0.15, 0.2) is 54.9 Å². The largest absolute Gasteiger partial charge is 0.465 e. The van der Waals surface area contributed by atoms with Gasteiger partial charge >= 0.3 is 6.09 Å². The molecule has 0 spiro atoms. The molecular weight excluding hydrogens is 482 g/mol. The fourth-order valence-electron chi connectivity index (χ4n) is 4.44. The number of ether oxygens (including phenoxy) is 1. The molecule has 1 fully saturated rings. The monoisotopic (exact) mass is 506 g/mol. The second kappa shape index (κ2) is 9.84. The maximum atomic E-state index is 14.1. The number of rotatable bonds is 5. The molecule has 1 aliphatic rings. The number of anilines is 2. The lowest BCUT2D eigenvalue weighted by Crippen LogP contribution is -2.49. The van der Waals surface area contributed by atoms with E-state index in [2.05, 4.69) is 20.3 Å². The van der Waals surface area contributed by atoms with Crippen molar-refractivity contribution in [2.24, 2.45) is 0 Å². The molecule has 1 amide bonds. The van der Waals surface area contributed by atoms with Crippen molar-refractivity contribution in [2.45, 2.75) is 25.6 Å². The third-order valence-corrected chi connectivity index (χ3v) is 6.24. The maximum absolute atomic E-state index is 14.1. The van der Waals surface area contributed by atoms with E-state index in [9.17, 15) is 18.7 Å². The molecule has 5 rings (SSSR count). The van der Waals surface area contributed by atoms with Gasteiger partial charge in [0, 0.05) is 42.2 Å². The second-order valence-electron chi connectivity index (χ2n) is 8.85. The number of nitrogens with two attached hydrogens (primary N) is 1. The number of aromatic nitrogens is 3. The summed E-state index contributed by atoms with van der Waals surface area (Å²) in [5, 5.41) is 13.5. The number of alkyl halides is 1. The molecular formula is C26H24F2N6O3. The lowest BCUT2D eigenvalue weighted by molar-refractivity contribution is 0.102. The van der Waals surface area contributed by atoms with E-state index in [0.717, 1.165) is 10.5 Å².